The fourth-order valence-electron chi connectivity index (χ4n) is 4.63. The second-order valence-corrected chi connectivity index (χ2v) is 10.9. The van der Waals surface area contributed by atoms with E-state index in [1.54, 1.807) is 28.6 Å². The van der Waals surface area contributed by atoms with Gasteiger partial charge in [-0.15, -0.1) is 0 Å². The monoisotopic (exact) mass is 424 g/mol. The first kappa shape index (κ1) is 22.2. The molecule has 8 heteroatoms. The number of benzene rings is 1. The molecule has 0 saturated carbocycles. The smallest absolute Gasteiger partial charge is 0.279 e. The molecule has 0 spiro atoms. The SMILES string of the molecule is C[C@@H]1C[C@@H](C)CN(S(=O)(=O)c2ccc(NC(=O)C[NH+]3C[C@@H](C)O[C@@H](C)C3)cc2)C1. The maximum atomic E-state index is 13.0. The van der Waals surface area contributed by atoms with E-state index in [1.165, 1.54) is 4.90 Å². The number of rotatable bonds is 5. The molecule has 1 unspecified atom stereocenters. The molecule has 1 amide bonds. The van der Waals surface area contributed by atoms with Gasteiger partial charge >= 0.3 is 0 Å². The predicted molar refractivity (Wildman–Crippen MR) is 112 cm³/mol. The molecule has 162 valence electrons. The van der Waals surface area contributed by atoms with E-state index in [2.05, 4.69) is 19.2 Å². The molecule has 1 aromatic carbocycles. The Morgan fingerprint density at radius 2 is 1.62 bits per heavy atom. The summed E-state index contributed by atoms with van der Waals surface area (Å²) in [5.74, 6) is 0.649. The molecule has 7 nitrogen and oxygen atoms in total. The molecule has 1 aromatic rings. The number of anilines is 1. The molecule has 2 fully saturated rings. The number of carbonyl (C=O) groups excluding carboxylic acids is 1. The number of nitrogens with one attached hydrogen (secondary N) is 2. The maximum absolute atomic E-state index is 13.0. The Kier molecular flexibility index (Phi) is 6.98. The fraction of sp³-hybridized carbons (Fsp3) is 0.667. The van der Waals surface area contributed by atoms with Crippen molar-refractivity contribution in [3.8, 4) is 0 Å². The third kappa shape index (κ3) is 5.78. The largest absolute Gasteiger partial charge is 0.364 e. The molecule has 0 aliphatic carbocycles. The van der Waals surface area contributed by atoms with Crippen molar-refractivity contribution >= 4 is 21.6 Å². The number of sulfonamides is 1. The molecule has 2 saturated heterocycles. The van der Waals surface area contributed by atoms with Crippen molar-refractivity contribution in [1.82, 2.24) is 4.31 Å². The van der Waals surface area contributed by atoms with E-state index < -0.39 is 10.0 Å². The number of morpholine rings is 1. The highest BCUT2D eigenvalue weighted by molar-refractivity contribution is 7.89. The Morgan fingerprint density at radius 1 is 1.07 bits per heavy atom. The zero-order valence-corrected chi connectivity index (χ0v) is 18.7. The van der Waals surface area contributed by atoms with Crippen molar-refractivity contribution in [3.05, 3.63) is 24.3 Å². The van der Waals surface area contributed by atoms with Crippen LogP contribution in [-0.4, -0.2) is 63.6 Å². The minimum absolute atomic E-state index is 0.0735. The summed E-state index contributed by atoms with van der Waals surface area (Å²) in [6.45, 7) is 11.3. The summed E-state index contributed by atoms with van der Waals surface area (Å²) in [6, 6.07) is 6.50. The average Bonchev–Trinajstić information content (AvgIpc) is 2.60. The number of hydrogen-bond donors (Lipinski definition) is 2. The molecular formula is C21H34N3O4S+. The van der Waals surface area contributed by atoms with Crippen LogP contribution < -0.4 is 10.2 Å². The Labute approximate surface area is 174 Å². The van der Waals surface area contributed by atoms with E-state index in [0.717, 1.165) is 19.5 Å². The van der Waals surface area contributed by atoms with Crippen molar-refractivity contribution in [3.63, 3.8) is 0 Å². The lowest BCUT2D eigenvalue weighted by molar-refractivity contribution is -0.907. The van der Waals surface area contributed by atoms with Crippen molar-refractivity contribution < 1.29 is 22.8 Å². The summed E-state index contributed by atoms with van der Waals surface area (Å²) < 4.78 is 33.2. The van der Waals surface area contributed by atoms with Gasteiger partial charge in [-0.05, 0) is 56.4 Å². The van der Waals surface area contributed by atoms with Gasteiger partial charge in [0, 0.05) is 18.8 Å². The Balaban J connectivity index is 1.60. The second-order valence-electron chi connectivity index (χ2n) is 8.93. The second kappa shape index (κ2) is 9.12. The van der Waals surface area contributed by atoms with Gasteiger partial charge in [-0.1, -0.05) is 13.8 Å². The van der Waals surface area contributed by atoms with Crippen molar-refractivity contribution in [2.45, 2.75) is 51.2 Å². The van der Waals surface area contributed by atoms with Gasteiger partial charge in [0.15, 0.2) is 6.54 Å². The molecule has 2 aliphatic heterocycles. The van der Waals surface area contributed by atoms with Crippen LogP contribution in [0.5, 0.6) is 0 Å². The van der Waals surface area contributed by atoms with Crippen molar-refractivity contribution in [1.29, 1.82) is 0 Å². The van der Waals surface area contributed by atoms with Gasteiger partial charge in [0.1, 0.15) is 25.3 Å². The van der Waals surface area contributed by atoms with Crippen LogP contribution in [0.15, 0.2) is 29.2 Å². The Bertz CT molecular complexity index is 792. The summed E-state index contributed by atoms with van der Waals surface area (Å²) in [5.41, 5.74) is 0.614. The molecular weight excluding hydrogens is 390 g/mol. The topological polar surface area (TPSA) is 80.2 Å². The highest BCUT2D eigenvalue weighted by Crippen LogP contribution is 2.27. The molecule has 0 aromatic heterocycles. The van der Waals surface area contributed by atoms with E-state index >= 15 is 0 Å². The van der Waals surface area contributed by atoms with Gasteiger partial charge < -0.3 is 15.0 Å². The summed E-state index contributed by atoms with van der Waals surface area (Å²) in [5, 5.41) is 2.88. The standard InChI is InChI=1S/C21H33N3O4S/c1-15-9-16(2)11-24(10-15)29(26,27)20-7-5-19(6-8-20)22-21(25)14-23-12-17(3)28-18(4)13-23/h5-8,15-18H,9-14H2,1-4H3,(H,22,25)/p+1/t15-,16-,17-,18+/m1/s1. The van der Waals surface area contributed by atoms with Crippen molar-refractivity contribution in [2.24, 2.45) is 11.8 Å². The molecule has 2 aliphatic rings. The number of quaternary nitrogens is 1. The van der Waals surface area contributed by atoms with E-state index in [4.69, 9.17) is 4.74 Å². The molecule has 2 heterocycles. The van der Waals surface area contributed by atoms with E-state index in [-0.39, 0.29) is 23.0 Å². The average molecular weight is 425 g/mol. The van der Waals surface area contributed by atoms with Gasteiger partial charge in [0.2, 0.25) is 10.0 Å². The molecule has 5 atom stereocenters. The van der Waals surface area contributed by atoms with Gasteiger partial charge in [-0.25, -0.2) is 8.42 Å². The van der Waals surface area contributed by atoms with Crippen LogP contribution in [0, 0.1) is 11.8 Å². The quantitative estimate of drug-likeness (QED) is 0.739. The van der Waals surface area contributed by atoms with Gasteiger partial charge in [0.05, 0.1) is 4.90 Å². The van der Waals surface area contributed by atoms with Crippen LogP contribution >= 0.6 is 0 Å². The van der Waals surface area contributed by atoms with Crippen LogP contribution in [-0.2, 0) is 19.6 Å². The van der Waals surface area contributed by atoms with Crippen LogP contribution in [0.1, 0.15) is 34.1 Å². The number of nitrogens with zero attached hydrogens (tertiary/aromatic N) is 1. The maximum Gasteiger partial charge on any atom is 0.279 e. The van der Waals surface area contributed by atoms with Crippen LogP contribution in [0.2, 0.25) is 0 Å². The van der Waals surface area contributed by atoms with Crippen LogP contribution in [0.4, 0.5) is 5.69 Å². The number of amides is 1. The van der Waals surface area contributed by atoms with Crippen LogP contribution in [0.3, 0.4) is 0 Å². The first-order chi connectivity index (χ1) is 13.6. The lowest BCUT2D eigenvalue weighted by Crippen LogP contribution is -3.16. The minimum atomic E-state index is -3.51. The molecule has 3 rings (SSSR count). The van der Waals surface area contributed by atoms with Gasteiger partial charge in [0.25, 0.3) is 5.91 Å². The predicted octanol–water partition coefficient (Wildman–Crippen LogP) is 0.984. The fourth-order valence-corrected chi connectivity index (χ4v) is 6.31. The number of ether oxygens (including phenoxy) is 1. The number of hydrogen-bond acceptors (Lipinski definition) is 4. The first-order valence-electron chi connectivity index (χ1n) is 10.5. The van der Waals surface area contributed by atoms with E-state index in [9.17, 15) is 13.2 Å². The first-order valence-corrected chi connectivity index (χ1v) is 12.0. The summed E-state index contributed by atoms with van der Waals surface area (Å²) in [7, 11) is -3.51. The Hall–Kier alpha value is -1.48. The summed E-state index contributed by atoms with van der Waals surface area (Å²) >= 11 is 0. The van der Waals surface area contributed by atoms with Gasteiger partial charge in [-0.3, -0.25) is 4.79 Å². The summed E-state index contributed by atoms with van der Waals surface area (Å²) in [6.07, 6.45) is 1.34. The molecule has 0 bridgehead atoms. The normalized spacial score (nSPS) is 31.4. The molecule has 29 heavy (non-hydrogen) atoms. The molecule has 0 radical (unpaired) electrons. The highest BCUT2D eigenvalue weighted by atomic mass is 32.2. The molecule has 2 N–H and O–H groups in total. The van der Waals surface area contributed by atoms with E-state index in [0.29, 0.717) is 37.2 Å². The Morgan fingerprint density at radius 3 is 2.17 bits per heavy atom. The zero-order valence-electron chi connectivity index (χ0n) is 17.8. The van der Waals surface area contributed by atoms with Crippen LogP contribution in [0.25, 0.3) is 0 Å². The lowest BCUT2D eigenvalue weighted by Gasteiger charge is -2.34. The zero-order chi connectivity index (χ0) is 21.2. The van der Waals surface area contributed by atoms with E-state index in [1.807, 2.05) is 13.8 Å². The highest BCUT2D eigenvalue weighted by Gasteiger charge is 2.32. The van der Waals surface area contributed by atoms with Crippen molar-refractivity contribution in [2.75, 3.05) is 38.0 Å². The van der Waals surface area contributed by atoms with Gasteiger partial charge in [-0.2, -0.15) is 4.31 Å². The minimum Gasteiger partial charge on any atom is -0.364 e. The third-order valence-electron chi connectivity index (χ3n) is 5.64. The number of carbonyl (C=O) groups is 1. The number of piperidine rings is 1. The third-order valence-corrected chi connectivity index (χ3v) is 7.48. The lowest BCUT2D eigenvalue weighted by atomic mass is 9.94. The summed E-state index contributed by atoms with van der Waals surface area (Å²) in [4.78, 5) is 13.9.